The standard InChI is InChI=1S/C22H23N5O3S2/c28-20-18-11-5-6-12-19(18)32(29,30)26(20)15-16-31-22-24-23-21(25-13-7-2-8-14-25)27(22)17-9-3-1-4-10-17/h1,3-6,9-12H,2,7-8,13-16H2. The molecule has 0 aliphatic carbocycles. The van der Waals surface area contributed by atoms with Gasteiger partial charge in [-0.15, -0.1) is 10.2 Å². The van der Waals surface area contributed by atoms with E-state index in [1.807, 2.05) is 34.9 Å². The number of thioether (sulfide) groups is 1. The summed E-state index contributed by atoms with van der Waals surface area (Å²) in [6.07, 6.45) is 3.47. The molecule has 166 valence electrons. The third kappa shape index (κ3) is 3.67. The van der Waals surface area contributed by atoms with E-state index >= 15 is 0 Å². The molecule has 8 nitrogen and oxygen atoms in total. The molecule has 3 heterocycles. The molecule has 0 saturated carbocycles. The third-order valence-electron chi connectivity index (χ3n) is 5.71. The third-order valence-corrected chi connectivity index (χ3v) is 8.46. The van der Waals surface area contributed by atoms with Gasteiger partial charge >= 0.3 is 0 Å². The van der Waals surface area contributed by atoms with E-state index in [9.17, 15) is 13.2 Å². The number of carbonyl (C=O) groups excluding carboxylic acids is 1. The van der Waals surface area contributed by atoms with E-state index in [2.05, 4.69) is 15.1 Å². The molecule has 0 radical (unpaired) electrons. The Morgan fingerprint density at radius 2 is 1.62 bits per heavy atom. The molecular formula is C22H23N5O3S2. The van der Waals surface area contributed by atoms with Crippen molar-refractivity contribution in [3.05, 3.63) is 60.2 Å². The normalized spacial score (nSPS) is 17.6. The molecule has 5 rings (SSSR count). The number of aromatic nitrogens is 3. The molecule has 2 aromatic carbocycles. The van der Waals surface area contributed by atoms with Crippen LogP contribution in [0.25, 0.3) is 5.69 Å². The number of rotatable bonds is 6. The van der Waals surface area contributed by atoms with Crippen LogP contribution in [-0.4, -0.2) is 58.8 Å². The van der Waals surface area contributed by atoms with Crippen LogP contribution in [0.5, 0.6) is 0 Å². The predicted molar refractivity (Wildman–Crippen MR) is 123 cm³/mol. The van der Waals surface area contributed by atoms with Crippen molar-refractivity contribution >= 4 is 33.6 Å². The number of amides is 1. The molecule has 10 heteroatoms. The van der Waals surface area contributed by atoms with E-state index < -0.39 is 15.9 Å². The fourth-order valence-electron chi connectivity index (χ4n) is 4.13. The van der Waals surface area contributed by atoms with Crippen molar-refractivity contribution in [3.63, 3.8) is 0 Å². The van der Waals surface area contributed by atoms with Gasteiger partial charge in [-0.3, -0.25) is 9.36 Å². The van der Waals surface area contributed by atoms with Gasteiger partial charge < -0.3 is 4.90 Å². The molecule has 0 bridgehead atoms. The van der Waals surface area contributed by atoms with Gasteiger partial charge in [-0.05, 0) is 43.5 Å². The number of carbonyl (C=O) groups is 1. The number of sulfonamides is 1. The van der Waals surface area contributed by atoms with Gasteiger partial charge in [0.2, 0.25) is 5.95 Å². The molecular weight excluding hydrogens is 446 g/mol. The Balaban J connectivity index is 1.37. The number of hydrogen-bond donors (Lipinski definition) is 0. The van der Waals surface area contributed by atoms with Crippen molar-refractivity contribution in [2.45, 2.75) is 29.3 Å². The van der Waals surface area contributed by atoms with E-state index in [1.165, 1.54) is 24.2 Å². The minimum absolute atomic E-state index is 0.0706. The van der Waals surface area contributed by atoms with Crippen LogP contribution in [0.3, 0.4) is 0 Å². The molecule has 3 aromatic rings. The van der Waals surface area contributed by atoms with E-state index in [0.29, 0.717) is 10.9 Å². The van der Waals surface area contributed by atoms with Crippen molar-refractivity contribution in [2.24, 2.45) is 0 Å². The summed E-state index contributed by atoms with van der Waals surface area (Å²) in [5.74, 6) is 0.708. The molecule has 0 unspecified atom stereocenters. The zero-order chi connectivity index (χ0) is 22.1. The fourth-order valence-corrected chi connectivity index (χ4v) is 6.69. The first-order chi connectivity index (χ1) is 15.6. The molecule has 2 aliphatic rings. The highest BCUT2D eigenvalue weighted by molar-refractivity contribution is 7.99. The average Bonchev–Trinajstić information content (AvgIpc) is 3.33. The number of anilines is 1. The lowest BCUT2D eigenvalue weighted by Gasteiger charge is -2.27. The Labute approximate surface area is 191 Å². The number of hydrogen-bond acceptors (Lipinski definition) is 7. The van der Waals surface area contributed by atoms with Crippen molar-refractivity contribution in [3.8, 4) is 5.69 Å². The maximum absolute atomic E-state index is 12.8. The topological polar surface area (TPSA) is 88.4 Å². The summed E-state index contributed by atoms with van der Waals surface area (Å²) in [5, 5.41) is 9.55. The summed E-state index contributed by atoms with van der Waals surface area (Å²) in [6.45, 7) is 1.95. The molecule has 1 aromatic heterocycles. The number of fused-ring (bicyclic) bond motifs is 1. The van der Waals surface area contributed by atoms with Crippen LogP contribution >= 0.6 is 11.8 Å². The van der Waals surface area contributed by atoms with Crippen molar-refractivity contribution in [1.82, 2.24) is 19.1 Å². The van der Waals surface area contributed by atoms with Gasteiger partial charge in [-0.1, -0.05) is 42.1 Å². The lowest BCUT2D eigenvalue weighted by atomic mass is 10.1. The number of para-hydroxylation sites is 1. The Bertz CT molecular complexity index is 1240. The Hall–Kier alpha value is -2.85. The van der Waals surface area contributed by atoms with E-state index in [0.717, 1.165) is 41.9 Å². The van der Waals surface area contributed by atoms with Crippen molar-refractivity contribution < 1.29 is 13.2 Å². The predicted octanol–water partition coefficient (Wildman–Crippen LogP) is 3.19. The second kappa shape index (κ2) is 8.59. The summed E-state index contributed by atoms with van der Waals surface area (Å²) in [4.78, 5) is 15.0. The summed E-state index contributed by atoms with van der Waals surface area (Å²) in [5.41, 5.74) is 1.19. The highest BCUT2D eigenvalue weighted by Crippen LogP contribution is 2.32. The van der Waals surface area contributed by atoms with Gasteiger partial charge in [-0.2, -0.15) is 0 Å². The second-order valence-electron chi connectivity index (χ2n) is 7.73. The monoisotopic (exact) mass is 469 g/mol. The lowest BCUT2D eigenvalue weighted by Crippen LogP contribution is -2.32. The second-order valence-corrected chi connectivity index (χ2v) is 10.6. The van der Waals surface area contributed by atoms with Crippen LogP contribution in [0.4, 0.5) is 5.95 Å². The maximum atomic E-state index is 12.8. The van der Waals surface area contributed by atoms with E-state index in [4.69, 9.17) is 0 Å². The molecule has 1 amide bonds. The SMILES string of the molecule is O=C1c2ccccc2S(=O)(=O)N1CCSc1nnc(N2CCCCC2)n1-c1ccccc1. The molecule has 0 spiro atoms. The quantitative estimate of drug-likeness (QED) is 0.512. The Morgan fingerprint density at radius 3 is 2.38 bits per heavy atom. The summed E-state index contributed by atoms with van der Waals surface area (Å²) in [6, 6.07) is 16.3. The zero-order valence-corrected chi connectivity index (χ0v) is 19.1. The summed E-state index contributed by atoms with van der Waals surface area (Å²) in [7, 11) is -3.80. The number of nitrogens with zero attached hydrogens (tertiary/aromatic N) is 5. The highest BCUT2D eigenvalue weighted by Gasteiger charge is 2.40. The van der Waals surface area contributed by atoms with Crippen LogP contribution < -0.4 is 4.90 Å². The van der Waals surface area contributed by atoms with Crippen LogP contribution in [0.1, 0.15) is 29.6 Å². The largest absolute Gasteiger partial charge is 0.341 e. The number of benzene rings is 2. The van der Waals surface area contributed by atoms with Gasteiger partial charge in [0.1, 0.15) is 4.90 Å². The van der Waals surface area contributed by atoms with Crippen LogP contribution in [0.2, 0.25) is 0 Å². The highest BCUT2D eigenvalue weighted by atomic mass is 32.2. The Morgan fingerprint density at radius 1 is 0.906 bits per heavy atom. The molecule has 32 heavy (non-hydrogen) atoms. The molecule has 1 saturated heterocycles. The van der Waals surface area contributed by atoms with E-state index in [-0.39, 0.29) is 17.0 Å². The first-order valence-corrected chi connectivity index (χ1v) is 13.0. The molecule has 1 fully saturated rings. The number of piperidine rings is 1. The zero-order valence-electron chi connectivity index (χ0n) is 17.4. The van der Waals surface area contributed by atoms with Gasteiger partial charge in [-0.25, -0.2) is 12.7 Å². The first-order valence-electron chi connectivity index (χ1n) is 10.6. The summed E-state index contributed by atoms with van der Waals surface area (Å²) >= 11 is 1.40. The minimum atomic E-state index is -3.80. The van der Waals surface area contributed by atoms with Crippen molar-refractivity contribution in [1.29, 1.82) is 0 Å². The van der Waals surface area contributed by atoms with Crippen molar-refractivity contribution in [2.75, 3.05) is 30.3 Å². The van der Waals surface area contributed by atoms with Gasteiger partial charge in [0, 0.05) is 25.4 Å². The van der Waals surface area contributed by atoms with Gasteiger partial charge in [0.25, 0.3) is 15.9 Å². The Kier molecular flexibility index (Phi) is 5.64. The average molecular weight is 470 g/mol. The summed E-state index contributed by atoms with van der Waals surface area (Å²) < 4.78 is 28.6. The minimum Gasteiger partial charge on any atom is -0.341 e. The van der Waals surface area contributed by atoms with Gasteiger partial charge in [0.15, 0.2) is 5.16 Å². The van der Waals surface area contributed by atoms with Crippen LogP contribution in [-0.2, 0) is 10.0 Å². The maximum Gasteiger partial charge on any atom is 0.269 e. The molecule has 0 atom stereocenters. The van der Waals surface area contributed by atoms with E-state index in [1.54, 1.807) is 18.2 Å². The first kappa shape index (κ1) is 21.0. The van der Waals surface area contributed by atoms with Crippen LogP contribution in [0, 0.1) is 0 Å². The molecule has 0 N–H and O–H groups in total. The van der Waals surface area contributed by atoms with Crippen LogP contribution in [0.15, 0.2) is 64.6 Å². The lowest BCUT2D eigenvalue weighted by molar-refractivity contribution is 0.0876. The molecule has 2 aliphatic heterocycles. The fraction of sp³-hybridized carbons (Fsp3) is 0.318. The van der Waals surface area contributed by atoms with Gasteiger partial charge in [0.05, 0.1) is 11.3 Å². The smallest absolute Gasteiger partial charge is 0.269 e.